The standard InChI is InChI=1S/C25H14Cl2N4O3S2/c26-17-11-10-16(18(27)12-17)13-29-30-14-28-23-22(24(30)32)21(15-6-2-1-3-7-15)25(36-23)35-20-9-5-4-8-19(20)31(33)34/h1-14H/b29-13+. The van der Waals surface area contributed by atoms with E-state index in [9.17, 15) is 14.9 Å². The van der Waals surface area contributed by atoms with Crippen molar-refractivity contribution in [3.8, 4) is 11.1 Å². The van der Waals surface area contributed by atoms with Crippen molar-refractivity contribution in [3.63, 3.8) is 0 Å². The number of benzene rings is 3. The Kier molecular flexibility index (Phi) is 6.88. The van der Waals surface area contributed by atoms with Crippen LogP contribution >= 0.6 is 46.3 Å². The molecule has 36 heavy (non-hydrogen) atoms. The van der Waals surface area contributed by atoms with Crippen LogP contribution in [0.15, 0.2) is 98.1 Å². The molecule has 5 rings (SSSR count). The van der Waals surface area contributed by atoms with Gasteiger partial charge in [0.05, 0.1) is 30.7 Å². The minimum Gasteiger partial charge on any atom is -0.267 e. The lowest BCUT2D eigenvalue weighted by Crippen LogP contribution is -2.16. The third-order valence-corrected chi connectivity index (χ3v) is 8.08. The number of nitro groups is 1. The number of thiophene rings is 1. The lowest BCUT2D eigenvalue weighted by atomic mass is 10.1. The second-order valence-corrected chi connectivity index (χ2v) is 10.6. The normalized spacial score (nSPS) is 11.4. The molecule has 0 saturated heterocycles. The fourth-order valence-corrected chi connectivity index (χ4v) is 6.44. The second-order valence-electron chi connectivity index (χ2n) is 7.44. The number of nitrogens with zero attached hydrogens (tertiary/aromatic N) is 4. The summed E-state index contributed by atoms with van der Waals surface area (Å²) in [5.74, 6) is 0. The van der Waals surface area contributed by atoms with Crippen molar-refractivity contribution in [2.75, 3.05) is 0 Å². The molecular formula is C25H14Cl2N4O3S2. The van der Waals surface area contributed by atoms with Gasteiger partial charge in [-0.1, -0.05) is 83.5 Å². The summed E-state index contributed by atoms with van der Waals surface area (Å²) in [6.07, 6.45) is 2.81. The number of nitro benzene ring substituents is 1. The third-order valence-electron chi connectivity index (χ3n) is 5.17. The molecule has 2 aromatic heterocycles. The summed E-state index contributed by atoms with van der Waals surface area (Å²) in [4.78, 5) is 30.2. The van der Waals surface area contributed by atoms with E-state index in [4.69, 9.17) is 23.2 Å². The maximum atomic E-state index is 13.6. The Balaban J connectivity index is 1.67. The van der Waals surface area contributed by atoms with Gasteiger partial charge in [0, 0.05) is 22.2 Å². The van der Waals surface area contributed by atoms with Crippen molar-refractivity contribution in [2.45, 2.75) is 9.10 Å². The fourth-order valence-electron chi connectivity index (χ4n) is 3.51. The number of halogens is 2. The summed E-state index contributed by atoms with van der Waals surface area (Å²) in [5.41, 5.74) is 1.67. The molecule has 2 heterocycles. The Hall–Kier alpha value is -3.50. The molecule has 0 radical (unpaired) electrons. The van der Waals surface area contributed by atoms with Gasteiger partial charge in [0.15, 0.2) is 0 Å². The lowest BCUT2D eigenvalue weighted by Gasteiger charge is -2.06. The highest BCUT2D eigenvalue weighted by Crippen LogP contribution is 2.46. The zero-order valence-corrected chi connectivity index (χ0v) is 21.3. The highest BCUT2D eigenvalue weighted by Gasteiger charge is 2.22. The van der Waals surface area contributed by atoms with Gasteiger partial charge in [0.25, 0.3) is 11.2 Å². The van der Waals surface area contributed by atoms with Gasteiger partial charge in [-0.05, 0) is 23.8 Å². The Morgan fingerprint density at radius 3 is 2.56 bits per heavy atom. The molecule has 0 fully saturated rings. The molecule has 178 valence electrons. The molecular weight excluding hydrogens is 539 g/mol. The molecule has 3 aromatic carbocycles. The van der Waals surface area contributed by atoms with Crippen LogP contribution < -0.4 is 5.56 Å². The molecule has 0 aliphatic heterocycles. The van der Waals surface area contributed by atoms with Crippen molar-refractivity contribution >= 4 is 68.4 Å². The molecule has 0 amide bonds. The van der Waals surface area contributed by atoms with Crippen molar-refractivity contribution in [1.29, 1.82) is 0 Å². The van der Waals surface area contributed by atoms with Gasteiger partial charge in [-0.25, -0.2) is 4.98 Å². The molecule has 0 atom stereocenters. The molecule has 0 aliphatic carbocycles. The second kappa shape index (κ2) is 10.2. The van der Waals surface area contributed by atoms with Crippen LogP contribution in [0.5, 0.6) is 0 Å². The van der Waals surface area contributed by atoms with E-state index in [0.29, 0.717) is 36.3 Å². The van der Waals surface area contributed by atoms with Crippen LogP contribution in [-0.2, 0) is 0 Å². The van der Waals surface area contributed by atoms with Crippen molar-refractivity contribution in [1.82, 2.24) is 9.66 Å². The predicted octanol–water partition coefficient (Wildman–Crippen LogP) is 7.37. The van der Waals surface area contributed by atoms with E-state index in [1.165, 1.54) is 41.7 Å². The lowest BCUT2D eigenvalue weighted by molar-refractivity contribution is -0.387. The minimum atomic E-state index is -0.417. The average molecular weight is 553 g/mol. The van der Waals surface area contributed by atoms with Crippen LogP contribution in [0.1, 0.15) is 5.56 Å². The molecule has 0 unspecified atom stereocenters. The topological polar surface area (TPSA) is 90.4 Å². The minimum absolute atomic E-state index is 0.00576. The molecule has 7 nitrogen and oxygen atoms in total. The number of hydrogen-bond donors (Lipinski definition) is 0. The zero-order valence-electron chi connectivity index (χ0n) is 18.2. The first kappa shape index (κ1) is 24.2. The van der Waals surface area contributed by atoms with Crippen LogP contribution in [-0.4, -0.2) is 20.8 Å². The Morgan fingerprint density at radius 2 is 1.81 bits per heavy atom. The van der Waals surface area contributed by atoms with Gasteiger partial charge < -0.3 is 0 Å². The van der Waals surface area contributed by atoms with E-state index < -0.39 is 4.92 Å². The van der Waals surface area contributed by atoms with Crippen LogP contribution in [0.3, 0.4) is 0 Å². The van der Waals surface area contributed by atoms with Crippen LogP contribution in [0, 0.1) is 10.1 Å². The van der Waals surface area contributed by atoms with Crippen molar-refractivity contribution in [2.24, 2.45) is 5.10 Å². The van der Waals surface area contributed by atoms with E-state index in [2.05, 4.69) is 10.1 Å². The number of fused-ring (bicyclic) bond motifs is 1. The number of hydrogen-bond acceptors (Lipinski definition) is 7. The third kappa shape index (κ3) is 4.78. The maximum absolute atomic E-state index is 13.6. The maximum Gasteiger partial charge on any atom is 0.283 e. The van der Waals surface area contributed by atoms with E-state index >= 15 is 0 Å². The van der Waals surface area contributed by atoms with E-state index in [-0.39, 0.29) is 11.2 Å². The summed E-state index contributed by atoms with van der Waals surface area (Å²) < 4.78 is 1.86. The quantitative estimate of drug-likeness (QED) is 0.124. The summed E-state index contributed by atoms with van der Waals surface area (Å²) in [6, 6.07) is 20.9. The summed E-state index contributed by atoms with van der Waals surface area (Å²) >= 11 is 14.7. The van der Waals surface area contributed by atoms with E-state index in [0.717, 1.165) is 14.4 Å². The average Bonchev–Trinajstić information content (AvgIpc) is 3.24. The van der Waals surface area contributed by atoms with Crippen molar-refractivity contribution < 1.29 is 4.92 Å². The summed E-state index contributed by atoms with van der Waals surface area (Å²) in [7, 11) is 0. The first-order chi connectivity index (χ1) is 17.4. The molecule has 0 bridgehead atoms. The summed E-state index contributed by atoms with van der Waals surface area (Å²) in [6.45, 7) is 0. The molecule has 0 N–H and O–H groups in total. The van der Waals surface area contributed by atoms with Gasteiger partial charge in [0.2, 0.25) is 0 Å². The van der Waals surface area contributed by atoms with Gasteiger partial charge in [-0.3, -0.25) is 14.9 Å². The number of rotatable bonds is 6. The molecule has 11 heteroatoms. The van der Waals surface area contributed by atoms with E-state index in [1.807, 2.05) is 30.3 Å². The van der Waals surface area contributed by atoms with Crippen LogP contribution in [0.25, 0.3) is 21.3 Å². The molecule has 0 saturated carbocycles. The summed E-state index contributed by atoms with van der Waals surface area (Å²) in [5, 5.41) is 17.1. The Labute approximate surface area is 222 Å². The molecule has 0 aliphatic rings. The smallest absolute Gasteiger partial charge is 0.267 e. The fraction of sp³-hybridized carbons (Fsp3) is 0. The first-order valence-corrected chi connectivity index (χ1v) is 12.8. The van der Waals surface area contributed by atoms with Gasteiger partial charge in [-0.15, -0.1) is 11.3 Å². The monoisotopic (exact) mass is 552 g/mol. The highest BCUT2D eigenvalue weighted by atomic mass is 35.5. The molecule has 0 spiro atoms. The molecule has 5 aromatic rings. The van der Waals surface area contributed by atoms with Crippen LogP contribution in [0.2, 0.25) is 10.0 Å². The van der Waals surface area contributed by atoms with E-state index in [1.54, 1.807) is 36.4 Å². The zero-order chi connectivity index (χ0) is 25.2. The van der Waals surface area contributed by atoms with Gasteiger partial charge in [0.1, 0.15) is 11.2 Å². The number of aromatic nitrogens is 2. The predicted molar refractivity (Wildman–Crippen MR) is 146 cm³/mol. The Morgan fingerprint density at radius 1 is 1.06 bits per heavy atom. The van der Waals surface area contributed by atoms with Gasteiger partial charge >= 0.3 is 0 Å². The highest BCUT2D eigenvalue weighted by molar-refractivity contribution is 8.01. The largest absolute Gasteiger partial charge is 0.283 e. The first-order valence-electron chi connectivity index (χ1n) is 10.4. The Bertz CT molecular complexity index is 1700. The SMILES string of the molecule is O=c1c2c(-c3ccccc3)c(Sc3ccccc3[N+](=O)[O-])sc2ncn1/N=C/c1ccc(Cl)cc1Cl. The van der Waals surface area contributed by atoms with Gasteiger partial charge in [-0.2, -0.15) is 9.78 Å². The van der Waals surface area contributed by atoms with Crippen LogP contribution in [0.4, 0.5) is 5.69 Å². The van der Waals surface area contributed by atoms with Crippen molar-refractivity contribution in [3.05, 3.63) is 115 Å². The number of para-hydroxylation sites is 1.